The van der Waals surface area contributed by atoms with E-state index in [0.29, 0.717) is 25.8 Å². The number of amides is 2. The van der Waals surface area contributed by atoms with Crippen LogP contribution >= 0.6 is 0 Å². The van der Waals surface area contributed by atoms with Gasteiger partial charge in [-0.2, -0.15) is 0 Å². The first kappa shape index (κ1) is 24.5. The van der Waals surface area contributed by atoms with Crippen molar-refractivity contribution in [2.75, 3.05) is 0 Å². The molecule has 1 N–H and O–H groups in total. The number of carbonyl (C=O) groups excluding carboxylic acids is 2. The molecule has 0 saturated carbocycles. The van der Waals surface area contributed by atoms with Crippen LogP contribution in [-0.4, -0.2) is 28.3 Å². The molecule has 3 rings (SSSR count). The molecule has 0 radical (unpaired) electrons. The van der Waals surface area contributed by atoms with Gasteiger partial charge in [-0.1, -0.05) is 73.7 Å². The van der Waals surface area contributed by atoms with Crippen molar-refractivity contribution in [2.24, 2.45) is 0 Å². The fourth-order valence-electron chi connectivity index (χ4n) is 4.24. The van der Waals surface area contributed by atoms with Crippen LogP contribution in [0.25, 0.3) is 10.8 Å². The molecule has 1 unspecified atom stereocenters. The number of aryl methyl sites for hydroxylation is 2. The number of hydrogen-bond acceptors (Lipinski definition) is 2. The quantitative estimate of drug-likeness (QED) is 0.477. The van der Waals surface area contributed by atoms with E-state index in [0.717, 1.165) is 16.7 Å². The van der Waals surface area contributed by atoms with Gasteiger partial charge in [-0.3, -0.25) is 9.59 Å². The summed E-state index contributed by atoms with van der Waals surface area (Å²) in [7, 11) is 0. The van der Waals surface area contributed by atoms with E-state index in [9.17, 15) is 9.59 Å². The van der Waals surface area contributed by atoms with E-state index in [1.165, 1.54) is 10.8 Å². The van der Waals surface area contributed by atoms with E-state index >= 15 is 0 Å². The molecule has 1 atom stereocenters. The van der Waals surface area contributed by atoms with Gasteiger partial charge in [-0.05, 0) is 68.0 Å². The minimum atomic E-state index is -0.510. The molecule has 2 amide bonds. The van der Waals surface area contributed by atoms with E-state index in [2.05, 4.69) is 29.6 Å². The first-order valence-corrected chi connectivity index (χ1v) is 11.8. The van der Waals surface area contributed by atoms with Crippen molar-refractivity contribution in [3.63, 3.8) is 0 Å². The zero-order valence-corrected chi connectivity index (χ0v) is 20.5. The number of hydrogen-bond donors (Lipinski definition) is 1. The molecule has 3 aromatic carbocycles. The predicted octanol–water partition coefficient (Wildman–Crippen LogP) is 5.80. The van der Waals surface area contributed by atoms with Gasteiger partial charge in [0.15, 0.2) is 0 Å². The summed E-state index contributed by atoms with van der Waals surface area (Å²) < 4.78 is 0. The lowest BCUT2D eigenvalue weighted by atomic mass is 9.99. The normalized spacial score (nSPS) is 12.4. The maximum atomic E-state index is 13.6. The molecule has 33 heavy (non-hydrogen) atoms. The summed E-state index contributed by atoms with van der Waals surface area (Å²) >= 11 is 0. The monoisotopic (exact) mass is 444 g/mol. The summed E-state index contributed by atoms with van der Waals surface area (Å²) in [6.07, 6.45) is 1.56. The first-order valence-electron chi connectivity index (χ1n) is 11.8. The van der Waals surface area contributed by atoms with Crippen LogP contribution in [0.5, 0.6) is 0 Å². The SMILES string of the molecule is CCC(C(=O)NC(C)(C)C)N(Cc1ccccc1C)C(=O)CCc1cccc2ccccc12. The molecule has 0 spiro atoms. The van der Waals surface area contributed by atoms with Gasteiger partial charge in [-0.15, -0.1) is 0 Å². The zero-order valence-electron chi connectivity index (χ0n) is 20.5. The van der Waals surface area contributed by atoms with Crippen molar-refractivity contribution >= 4 is 22.6 Å². The molecule has 4 nitrogen and oxygen atoms in total. The summed E-state index contributed by atoms with van der Waals surface area (Å²) in [5.74, 6) is -0.0980. The Kier molecular flexibility index (Phi) is 7.91. The van der Waals surface area contributed by atoms with E-state index in [1.54, 1.807) is 4.90 Å². The third-order valence-corrected chi connectivity index (χ3v) is 5.97. The van der Waals surface area contributed by atoms with Crippen molar-refractivity contribution in [3.05, 3.63) is 83.4 Å². The fourth-order valence-corrected chi connectivity index (χ4v) is 4.24. The third-order valence-electron chi connectivity index (χ3n) is 5.97. The topological polar surface area (TPSA) is 49.4 Å². The van der Waals surface area contributed by atoms with Gasteiger partial charge >= 0.3 is 0 Å². The molecule has 4 heteroatoms. The Balaban J connectivity index is 1.86. The van der Waals surface area contributed by atoms with Crippen molar-refractivity contribution < 1.29 is 9.59 Å². The molecular formula is C29H36N2O2. The fraction of sp³-hybridized carbons (Fsp3) is 0.379. The van der Waals surface area contributed by atoms with Crippen molar-refractivity contribution in [1.29, 1.82) is 0 Å². The molecule has 0 heterocycles. The van der Waals surface area contributed by atoms with E-state index in [4.69, 9.17) is 0 Å². The largest absolute Gasteiger partial charge is 0.350 e. The lowest BCUT2D eigenvalue weighted by molar-refractivity contribution is -0.142. The van der Waals surface area contributed by atoms with Crippen LogP contribution < -0.4 is 5.32 Å². The highest BCUT2D eigenvalue weighted by molar-refractivity contribution is 5.89. The second-order valence-electron chi connectivity index (χ2n) is 9.75. The second kappa shape index (κ2) is 10.7. The third kappa shape index (κ3) is 6.44. The minimum absolute atomic E-state index is 0.00194. The molecule has 0 saturated heterocycles. The van der Waals surface area contributed by atoms with Crippen LogP contribution in [0.3, 0.4) is 0 Å². The zero-order chi connectivity index (χ0) is 24.0. The summed E-state index contributed by atoms with van der Waals surface area (Å²) in [4.78, 5) is 28.5. The maximum Gasteiger partial charge on any atom is 0.243 e. The Morgan fingerprint density at radius 1 is 0.909 bits per heavy atom. The molecule has 0 aliphatic heterocycles. The summed E-state index contributed by atoms with van der Waals surface area (Å²) in [6, 6.07) is 22.0. The summed E-state index contributed by atoms with van der Waals surface area (Å²) in [5, 5.41) is 5.42. The van der Waals surface area contributed by atoms with Gasteiger partial charge in [0.1, 0.15) is 6.04 Å². The molecule has 0 bridgehead atoms. The van der Waals surface area contributed by atoms with E-state index in [1.807, 2.05) is 77.1 Å². The highest BCUT2D eigenvalue weighted by Crippen LogP contribution is 2.22. The summed E-state index contributed by atoms with van der Waals surface area (Å²) in [6.45, 7) is 10.3. The Labute approximate surface area is 198 Å². The van der Waals surface area contributed by atoms with Gasteiger partial charge < -0.3 is 10.2 Å². The van der Waals surface area contributed by atoms with Gasteiger partial charge in [0.05, 0.1) is 0 Å². The smallest absolute Gasteiger partial charge is 0.243 e. The number of nitrogens with zero attached hydrogens (tertiary/aromatic N) is 1. The van der Waals surface area contributed by atoms with Gasteiger partial charge in [-0.25, -0.2) is 0 Å². The van der Waals surface area contributed by atoms with E-state index < -0.39 is 6.04 Å². The number of rotatable bonds is 8. The average molecular weight is 445 g/mol. The van der Waals surface area contributed by atoms with Gasteiger partial charge in [0.25, 0.3) is 0 Å². The van der Waals surface area contributed by atoms with Crippen molar-refractivity contribution in [2.45, 2.75) is 72.0 Å². The Bertz CT molecular complexity index is 1110. The predicted molar refractivity (Wildman–Crippen MR) is 136 cm³/mol. The van der Waals surface area contributed by atoms with Crippen molar-refractivity contribution in [1.82, 2.24) is 10.2 Å². The lowest BCUT2D eigenvalue weighted by Gasteiger charge is -2.33. The Morgan fingerprint density at radius 3 is 2.24 bits per heavy atom. The number of carbonyl (C=O) groups is 2. The van der Waals surface area contributed by atoms with Gasteiger partial charge in [0.2, 0.25) is 11.8 Å². The van der Waals surface area contributed by atoms with E-state index in [-0.39, 0.29) is 17.4 Å². The van der Waals surface area contributed by atoms with Crippen LogP contribution in [-0.2, 0) is 22.6 Å². The first-order chi connectivity index (χ1) is 15.7. The molecule has 0 aliphatic carbocycles. The maximum absolute atomic E-state index is 13.6. The standard InChI is InChI=1S/C29H36N2O2/c1-6-26(28(33)30-29(3,4)5)31(20-24-14-8-7-12-21(24)2)27(32)19-18-23-16-11-15-22-13-9-10-17-25(22)23/h7-17,26H,6,18-20H2,1-5H3,(H,30,33). The lowest BCUT2D eigenvalue weighted by Crippen LogP contribution is -2.53. The van der Waals surface area contributed by atoms with Crippen LogP contribution in [0.1, 0.15) is 57.2 Å². The van der Waals surface area contributed by atoms with Gasteiger partial charge in [0, 0.05) is 18.5 Å². The highest BCUT2D eigenvalue weighted by Gasteiger charge is 2.30. The summed E-state index contributed by atoms with van der Waals surface area (Å²) in [5.41, 5.74) is 2.99. The molecule has 0 aromatic heterocycles. The number of benzene rings is 3. The Hall–Kier alpha value is -3.14. The molecule has 0 fully saturated rings. The second-order valence-corrected chi connectivity index (χ2v) is 9.75. The van der Waals surface area contributed by atoms with Crippen molar-refractivity contribution in [3.8, 4) is 0 Å². The average Bonchev–Trinajstić information content (AvgIpc) is 2.77. The van der Waals surface area contributed by atoms with Crippen LogP contribution in [0.4, 0.5) is 0 Å². The number of fused-ring (bicyclic) bond motifs is 1. The molecule has 3 aromatic rings. The number of nitrogens with one attached hydrogen (secondary N) is 1. The van der Waals surface area contributed by atoms with Crippen LogP contribution in [0, 0.1) is 6.92 Å². The van der Waals surface area contributed by atoms with Crippen LogP contribution in [0.2, 0.25) is 0 Å². The molecule has 174 valence electrons. The molecule has 0 aliphatic rings. The molecular weight excluding hydrogens is 408 g/mol. The minimum Gasteiger partial charge on any atom is -0.350 e. The van der Waals surface area contributed by atoms with Crippen LogP contribution in [0.15, 0.2) is 66.7 Å². The Morgan fingerprint density at radius 2 is 1.55 bits per heavy atom. The highest BCUT2D eigenvalue weighted by atomic mass is 16.2.